The molecule has 0 fully saturated rings. The van der Waals surface area contributed by atoms with Crippen LogP contribution in [0.1, 0.15) is 226 Å². The van der Waals surface area contributed by atoms with Gasteiger partial charge in [0.25, 0.3) is 0 Å². The van der Waals surface area contributed by atoms with Crippen molar-refractivity contribution in [2.45, 2.75) is 232 Å². The average molecular weight is 581 g/mol. The lowest BCUT2D eigenvalue weighted by Crippen LogP contribution is -2.14. The van der Waals surface area contributed by atoms with E-state index in [2.05, 4.69) is 13.8 Å². The highest BCUT2D eigenvalue weighted by molar-refractivity contribution is 5.66. The first-order chi connectivity index (χ1) is 20.2. The zero-order chi connectivity index (χ0) is 29.9. The largest absolute Gasteiger partial charge is 0.481 e. The van der Waals surface area contributed by atoms with Crippen LogP contribution in [0.3, 0.4) is 0 Å². The molecule has 0 rings (SSSR count). The molecule has 3 nitrogen and oxygen atoms in total. The molecule has 0 aliphatic heterocycles. The Morgan fingerprint density at radius 2 is 0.732 bits per heavy atom. The van der Waals surface area contributed by atoms with E-state index >= 15 is 0 Å². The third-order valence-electron chi connectivity index (χ3n) is 8.90. The molecule has 0 heterocycles. The van der Waals surface area contributed by atoms with Gasteiger partial charge in [-0.3, -0.25) is 4.79 Å². The fourth-order valence-electron chi connectivity index (χ4n) is 6.07. The number of aliphatic carboxylic acids is 1. The Bertz CT molecular complexity index is 492. The molecule has 1 atom stereocenters. The van der Waals surface area contributed by atoms with Crippen molar-refractivity contribution in [3.05, 3.63) is 0 Å². The number of carboxylic acids is 1. The van der Waals surface area contributed by atoms with E-state index in [0.717, 1.165) is 32.3 Å². The van der Waals surface area contributed by atoms with Crippen molar-refractivity contribution >= 4 is 5.97 Å². The second-order valence-electron chi connectivity index (χ2n) is 13.1. The van der Waals surface area contributed by atoms with Crippen LogP contribution in [0, 0.1) is 0 Å². The Morgan fingerprint density at radius 3 is 1.07 bits per heavy atom. The first-order valence-electron chi connectivity index (χ1n) is 19.0. The van der Waals surface area contributed by atoms with Gasteiger partial charge >= 0.3 is 5.97 Å². The topological polar surface area (TPSA) is 46.5 Å². The Morgan fingerprint density at radius 1 is 0.439 bits per heavy atom. The molecule has 3 heteroatoms. The van der Waals surface area contributed by atoms with Crippen LogP contribution in [0.25, 0.3) is 0 Å². The number of rotatable bonds is 36. The lowest BCUT2D eigenvalue weighted by molar-refractivity contribution is -0.137. The van der Waals surface area contributed by atoms with Gasteiger partial charge in [-0.05, 0) is 25.7 Å². The first-order valence-corrected chi connectivity index (χ1v) is 19.0. The summed E-state index contributed by atoms with van der Waals surface area (Å²) in [6, 6.07) is 0. The van der Waals surface area contributed by atoms with Gasteiger partial charge < -0.3 is 9.84 Å². The van der Waals surface area contributed by atoms with Gasteiger partial charge in [0.2, 0.25) is 0 Å². The molecular weight excluding hydrogens is 504 g/mol. The summed E-state index contributed by atoms with van der Waals surface area (Å²) in [5.74, 6) is -0.664. The third-order valence-corrected chi connectivity index (χ3v) is 8.90. The highest BCUT2D eigenvalue weighted by Gasteiger charge is 2.09. The molecule has 0 radical (unpaired) electrons. The summed E-state index contributed by atoms with van der Waals surface area (Å²) < 4.78 is 6.37. The molecule has 0 aromatic rings. The van der Waals surface area contributed by atoms with Gasteiger partial charge in [-0.1, -0.05) is 194 Å². The van der Waals surface area contributed by atoms with Gasteiger partial charge in [-0.15, -0.1) is 0 Å². The van der Waals surface area contributed by atoms with Gasteiger partial charge in [0, 0.05) is 13.0 Å². The van der Waals surface area contributed by atoms with E-state index in [-0.39, 0.29) is 0 Å². The van der Waals surface area contributed by atoms with Crippen LogP contribution < -0.4 is 0 Å². The van der Waals surface area contributed by atoms with Crippen molar-refractivity contribution in [3.63, 3.8) is 0 Å². The van der Waals surface area contributed by atoms with Gasteiger partial charge in [0.15, 0.2) is 0 Å². The normalized spacial score (nSPS) is 12.2. The Kier molecular flexibility index (Phi) is 35.1. The van der Waals surface area contributed by atoms with Crippen molar-refractivity contribution in [3.8, 4) is 0 Å². The predicted octanol–water partition coefficient (Wildman–Crippen LogP) is 13.4. The maximum atomic E-state index is 10.8. The number of hydrogen-bond acceptors (Lipinski definition) is 2. The average Bonchev–Trinajstić information content (AvgIpc) is 2.96. The van der Waals surface area contributed by atoms with E-state index in [9.17, 15) is 4.79 Å². The van der Waals surface area contributed by atoms with Crippen LogP contribution in [0.4, 0.5) is 0 Å². The summed E-state index contributed by atoms with van der Waals surface area (Å²) in [5.41, 5.74) is 0. The third kappa shape index (κ3) is 35.5. The van der Waals surface area contributed by atoms with Gasteiger partial charge in [0.1, 0.15) is 0 Å². The molecule has 1 N–H and O–H groups in total. The molecule has 0 saturated heterocycles. The quantitative estimate of drug-likeness (QED) is 0.0750. The van der Waals surface area contributed by atoms with E-state index in [1.807, 2.05) is 0 Å². The van der Waals surface area contributed by atoms with E-state index in [4.69, 9.17) is 9.84 Å². The van der Waals surface area contributed by atoms with Crippen molar-refractivity contribution in [1.82, 2.24) is 0 Å². The molecule has 1 unspecified atom stereocenters. The van der Waals surface area contributed by atoms with Crippen LogP contribution in [0.15, 0.2) is 0 Å². The summed E-state index contributed by atoms with van der Waals surface area (Å²) >= 11 is 0. The van der Waals surface area contributed by atoms with Gasteiger partial charge in [-0.2, -0.15) is 0 Å². The minimum absolute atomic E-state index is 0.309. The Hall–Kier alpha value is -0.570. The van der Waals surface area contributed by atoms with Crippen molar-refractivity contribution in [2.24, 2.45) is 0 Å². The fraction of sp³-hybridized carbons (Fsp3) is 0.974. The van der Waals surface area contributed by atoms with Crippen LogP contribution >= 0.6 is 0 Å². The molecule has 0 amide bonds. The molecule has 0 saturated carbocycles. The van der Waals surface area contributed by atoms with Crippen molar-refractivity contribution in [2.75, 3.05) is 6.61 Å². The Labute approximate surface area is 258 Å². The highest BCUT2D eigenvalue weighted by atomic mass is 16.5. The monoisotopic (exact) mass is 581 g/mol. The molecule has 0 aromatic heterocycles. The number of carbonyl (C=O) groups is 1. The molecular formula is C38H76O3. The van der Waals surface area contributed by atoms with E-state index < -0.39 is 5.97 Å². The smallest absolute Gasteiger partial charge is 0.303 e. The molecule has 41 heavy (non-hydrogen) atoms. The van der Waals surface area contributed by atoms with Crippen LogP contribution in [0.2, 0.25) is 0 Å². The molecule has 0 aromatic carbocycles. The zero-order valence-corrected chi connectivity index (χ0v) is 28.4. The number of hydrogen-bond donors (Lipinski definition) is 1. The zero-order valence-electron chi connectivity index (χ0n) is 28.4. The predicted molar refractivity (Wildman–Crippen MR) is 181 cm³/mol. The highest BCUT2D eigenvalue weighted by Crippen LogP contribution is 2.18. The number of unbranched alkanes of at least 4 members (excludes halogenated alkanes) is 27. The summed E-state index contributed by atoms with van der Waals surface area (Å²) in [4.78, 5) is 10.8. The van der Waals surface area contributed by atoms with Crippen molar-refractivity contribution in [1.29, 1.82) is 0 Å². The summed E-state index contributed by atoms with van der Waals surface area (Å²) in [7, 11) is 0. The second-order valence-corrected chi connectivity index (χ2v) is 13.1. The van der Waals surface area contributed by atoms with E-state index in [1.54, 1.807) is 0 Å². The number of carboxylic acid groups (broad SMARTS) is 1. The molecule has 0 spiro atoms. The molecule has 0 aliphatic carbocycles. The standard InChI is InChI=1S/C38H76O3/c1-3-5-7-9-11-13-15-17-19-21-23-25-27-32-36-41-37(34-30-28-31-35-38(39)40)33-29-26-24-22-20-18-16-14-12-10-8-6-4-2/h37H,3-36H2,1-2H3,(H,39,40). The van der Waals surface area contributed by atoms with Gasteiger partial charge in [-0.25, -0.2) is 0 Å². The lowest BCUT2D eigenvalue weighted by atomic mass is 10.0. The minimum atomic E-state index is -0.664. The summed E-state index contributed by atoms with van der Waals surface area (Å²) in [6.07, 6.45) is 43.6. The summed E-state index contributed by atoms with van der Waals surface area (Å²) in [5, 5.41) is 8.89. The Balaban J connectivity index is 3.76. The fourth-order valence-corrected chi connectivity index (χ4v) is 6.07. The van der Waals surface area contributed by atoms with Crippen molar-refractivity contribution < 1.29 is 14.6 Å². The molecule has 246 valence electrons. The maximum absolute atomic E-state index is 10.8. The lowest BCUT2D eigenvalue weighted by Gasteiger charge is -2.18. The molecule has 0 aliphatic rings. The number of ether oxygens (including phenoxy) is 1. The van der Waals surface area contributed by atoms with Crippen LogP contribution in [-0.4, -0.2) is 23.8 Å². The maximum Gasteiger partial charge on any atom is 0.303 e. The minimum Gasteiger partial charge on any atom is -0.481 e. The molecule has 0 bridgehead atoms. The van der Waals surface area contributed by atoms with Crippen LogP contribution in [-0.2, 0) is 9.53 Å². The van der Waals surface area contributed by atoms with E-state index in [0.29, 0.717) is 12.5 Å². The second kappa shape index (κ2) is 35.6. The summed E-state index contributed by atoms with van der Waals surface area (Å²) in [6.45, 7) is 5.50. The van der Waals surface area contributed by atoms with Crippen LogP contribution in [0.5, 0.6) is 0 Å². The van der Waals surface area contributed by atoms with Gasteiger partial charge in [0.05, 0.1) is 6.10 Å². The van der Waals surface area contributed by atoms with E-state index in [1.165, 1.54) is 180 Å². The SMILES string of the molecule is CCCCCCCCCCCCCCCCOC(CCCCCCCCCCCCCCC)CCCCCC(=O)O. The first kappa shape index (κ1) is 40.4.